The van der Waals surface area contributed by atoms with Crippen molar-refractivity contribution in [1.82, 2.24) is 29.9 Å². The number of piperidine rings is 1. The van der Waals surface area contributed by atoms with Gasteiger partial charge < -0.3 is 20.1 Å². The number of aliphatic hydroxyl groups is 1. The van der Waals surface area contributed by atoms with Crippen LogP contribution in [0.15, 0.2) is 30.5 Å². The third-order valence-corrected chi connectivity index (χ3v) is 6.55. The Morgan fingerprint density at radius 2 is 1.77 bits per heavy atom. The molecule has 5 rings (SSSR count). The maximum absolute atomic E-state index is 9.74. The summed E-state index contributed by atoms with van der Waals surface area (Å²) >= 11 is 0. The average molecular weight is 424 g/mol. The van der Waals surface area contributed by atoms with Crippen molar-refractivity contribution in [3.8, 4) is 11.4 Å². The molecule has 0 atom stereocenters. The summed E-state index contributed by atoms with van der Waals surface area (Å²) in [6.07, 6.45) is 7.96. The zero-order valence-electron chi connectivity index (χ0n) is 17.8. The Bertz CT molecular complexity index is 1010. The Morgan fingerprint density at radius 3 is 2.48 bits per heavy atom. The number of rotatable bonds is 5. The minimum Gasteiger partial charge on any atom is -0.497 e. The zero-order chi connectivity index (χ0) is 21.2. The molecule has 1 aliphatic carbocycles. The van der Waals surface area contributed by atoms with Crippen molar-refractivity contribution in [2.45, 2.75) is 56.7 Å². The van der Waals surface area contributed by atoms with Crippen molar-refractivity contribution in [2.24, 2.45) is 0 Å². The molecule has 9 heteroatoms. The lowest BCUT2D eigenvalue weighted by Crippen LogP contribution is -2.45. The van der Waals surface area contributed by atoms with Gasteiger partial charge in [-0.2, -0.15) is 9.67 Å². The Labute approximate surface area is 181 Å². The highest BCUT2D eigenvalue weighted by molar-refractivity contribution is 5.72. The van der Waals surface area contributed by atoms with E-state index in [4.69, 9.17) is 9.72 Å². The first-order valence-corrected chi connectivity index (χ1v) is 11.1. The molecular formula is C22H29N7O2. The summed E-state index contributed by atoms with van der Waals surface area (Å²) in [5.74, 6) is 1.41. The van der Waals surface area contributed by atoms with Crippen LogP contribution in [-0.4, -0.2) is 73.4 Å². The summed E-state index contributed by atoms with van der Waals surface area (Å²) in [6.45, 7) is 2.04. The third kappa shape index (κ3) is 4.33. The summed E-state index contributed by atoms with van der Waals surface area (Å²) in [5, 5.41) is 21.7. The van der Waals surface area contributed by atoms with E-state index in [9.17, 15) is 5.11 Å². The number of methoxy groups -OCH3 is 1. The highest BCUT2D eigenvalue weighted by Gasteiger charge is 2.28. The quantitative estimate of drug-likeness (QED) is 0.645. The molecule has 1 aromatic carbocycles. The SMILES string of the molecule is COc1ccc(-n2nnc3cnc(N[C@H]4CC[C@H](N5CCC(O)CC5)CC4)nc32)cc1. The van der Waals surface area contributed by atoms with E-state index in [0.717, 1.165) is 50.2 Å². The molecule has 31 heavy (non-hydrogen) atoms. The molecule has 1 aliphatic heterocycles. The van der Waals surface area contributed by atoms with Gasteiger partial charge in [-0.1, -0.05) is 5.21 Å². The molecule has 2 aromatic heterocycles. The van der Waals surface area contributed by atoms with Gasteiger partial charge in [0.25, 0.3) is 0 Å². The summed E-state index contributed by atoms with van der Waals surface area (Å²) in [5.41, 5.74) is 2.22. The van der Waals surface area contributed by atoms with Gasteiger partial charge in [-0.3, -0.25) is 0 Å². The van der Waals surface area contributed by atoms with E-state index in [1.807, 2.05) is 24.3 Å². The molecule has 164 valence electrons. The average Bonchev–Trinajstić information content (AvgIpc) is 3.23. The standard InChI is InChI=1S/C22H29N7O2/c1-31-19-8-6-17(7-9-19)29-21-20(26-27-29)14-23-22(25-21)24-15-2-4-16(5-3-15)28-12-10-18(30)11-13-28/h6-9,14-16,18,30H,2-5,10-13H2,1H3,(H,23,24,25)/t15-,16-. The highest BCUT2D eigenvalue weighted by atomic mass is 16.5. The van der Waals surface area contributed by atoms with Crippen molar-refractivity contribution in [3.63, 3.8) is 0 Å². The topological polar surface area (TPSA) is 101 Å². The number of hydrogen-bond donors (Lipinski definition) is 2. The predicted octanol–water partition coefficient (Wildman–Crippen LogP) is 2.40. The summed E-state index contributed by atoms with van der Waals surface area (Å²) in [6, 6.07) is 8.66. The van der Waals surface area contributed by atoms with Crippen LogP contribution >= 0.6 is 0 Å². The van der Waals surface area contributed by atoms with E-state index in [1.54, 1.807) is 18.0 Å². The smallest absolute Gasteiger partial charge is 0.225 e. The number of aromatic nitrogens is 5. The zero-order valence-corrected chi connectivity index (χ0v) is 17.8. The fraction of sp³-hybridized carbons (Fsp3) is 0.545. The molecule has 1 saturated heterocycles. The largest absolute Gasteiger partial charge is 0.497 e. The number of fused-ring (bicyclic) bond motifs is 1. The summed E-state index contributed by atoms with van der Waals surface area (Å²) < 4.78 is 6.96. The molecule has 2 fully saturated rings. The summed E-state index contributed by atoms with van der Waals surface area (Å²) in [4.78, 5) is 11.7. The van der Waals surface area contributed by atoms with Gasteiger partial charge in [-0.25, -0.2) is 4.98 Å². The van der Waals surface area contributed by atoms with E-state index in [1.165, 1.54) is 12.8 Å². The number of nitrogens with zero attached hydrogens (tertiary/aromatic N) is 6. The molecular weight excluding hydrogens is 394 g/mol. The fourth-order valence-electron chi connectivity index (χ4n) is 4.71. The van der Waals surface area contributed by atoms with Crippen molar-refractivity contribution in [3.05, 3.63) is 30.5 Å². The van der Waals surface area contributed by atoms with Crippen molar-refractivity contribution in [2.75, 3.05) is 25.5 Å². The molecule has 0 spiro atoms. The first-order chi connectivity index (χ1) is 15.2. The maximum Gasteiger partial charge on any atom is 0.225 e. The molecule has 0 amide bonds. The van der Waals surface area contributed by atoms with Gasteiger partial charge in [0.05, 0.1) is 25.1 Å². The van der Waals surface area contributed by atoms with E-state index in [0.29, 0.717) is 29.2 Å². The minimum absolute atomic E-state index is 0.109. The van der Waals surface area contributed by atoms with E-state index in [2.05, 4.69) is 25.5 Å². The number of benzene rings is 1. The van der Waals surface area contributed by atoms with Gasteiger partial charge in [0.2, 0.25) is 5.95 Å². The minimum atomic E-state index is -0.109. The Morgan fingerprint density at radius 1 is 1.03 bits per heavy atom. The Balaban J connectivity index is 1.25. The molecule has 3 aromatic rings. The fourth-order valence-corrected chi connectivity index (χ4v) is 4.71. The van der Waals surface area contributed by atoms with Gasteiger partial charge >= 0.3 is 0 Å². The molecule has 0 bridgehead atoms. The van der Waals surface area contributed by atoms with Crippen molar-refractivity contribution in [1.29, 1.82) is 0 Å². The van der Waals surface area contributed by atoms with Gasteiger partial charge in [0.15, 0.2) is 11.2 Å². The molecule has 1 saturated carbocycles. The first kappa shape index (κ1) is 20.1. The second-order valence-corrected chi connectivity index (χ2v) is 8.52. The maximum atomic E-state index is 9.74. The number of ether oxygens (including phenoxy) is 1. The normalized spacial score (nSPS) is 23.2. The molecule has 0 unspecified atom stereocenters. The lowest BCUT2D eigenvalue weighted by atomic mass is 9.89. The highest BCUT2D eigenvalue weighted by Crippen LogP contribution is 2.27. The van der Waals surface area contributed by atoms with Crippen molar-refractivity contribution >= 4 is 17.1 Å². The molecule has 2 N–H and O–H groups in total. The van der Waals surface area contributed by atoms with Crippen LogP contribution in [0.1, 0.15) is 38.5 Å². The number of anilines is 1. The van der Waals surface area contributed by atoms with Crippen LogP contribution in [0.3, 0.4) is 0 Å². The monoisotopic (exact) mass is 423 g/mol. The van der Waals surface area contributed by atoms with Gasteiger partial charge in [-0.05, 0) is 62.8 Å². The summed E-state index contributed by atoms with van der Waals surface area (Å²) in [7, 11) is 1.65. The Kier molecular flexibility index (Phi) is 5.69. The van der Waals surface area contributed by atoms with E-state index >= 15 is 0 Å². The van der Waals surface area contributed by atoms with Crippen LogP contribution in [0, 0.1) is 0 Å². The predicted molar refractivity (Wildman–Crippen MR) is 117 cm³/mol. The van der Waals surface area contributed by atoms with Gasteiger partial charge in [0, 0.05) is 25.2 Å². The van der Waals surface area contributed by atoms with E-state index < -0.39 is 0 Å². The lowest BCUT2D eigenvalue weighted by molar-refractivity contribution is 0.0495. The number of likely N-dealkylation sites (tertiary alicyclic amines) is 1. The van der Waals surface area contributed by atoms with Crippen LogP contribution < -0.4 is 10.1 Å². The van der Waals surface area contributed by atoms with Crippen LogP contribution in [0.2, 0.25) is 0 Å². The lowest BCUT2D eigenvalue weighted by Gasteiger charge is -2.40. The number of nitrogens with one attached hydrogen (secondary N) is 1. The van der Waals surface area contributed by atoms with Crippen LogP contribution in [0.5, 0.6) is 5.75 Å². The second-order valence-electron chi connectivity index (χ2n) is 8.52. The second kappa shape index (κ2) is 8.76. The van der Waals surface area contributed by atoms with E-state index in [-0.39, 0.29) is 6.10 Å². The molecule has 2 aliphatic rings. The first-order valence-electron chi connectivity index (χ1n) is 11.1. The molecule has 3 heterocycles. The van der Waals surface area contributed by atoms with Crippen LogP contribution in [0.4, 0.5) is 5.95 Å². The van der Waals surface area contributed by atoms with Gasteiger partial charge in [0.1, 0.15) is 5.75 Å². The third-order valence-electron chi connectivity index (χ3n) is 6.55. The van der Waals surface area contributed by atoms with Crippen LogP contribution in [-0.2, 0) is 0 Å². The number of aliphatic hydroxyl groups excluding tert-OH is 1. The number of hydrogen-bond acceptors (Lipinski definition) is 8. The Hall–Kier alpha value is -2.78. The molecule has 0 radical (unpaired) electrons. The van der Waals surface area contributed by atoms with Gasteiger partial charge in [-0.15, -0.1) is 5.10 Å². The van der Waals surface area contributed by atoms with Crippen molar-refractivity contribution < 1.29 is 9.84 Å². The molecule has 9 nitrogen and oxygen atoms in total. The van der Waals surface area contributed by atoms with Crippen LogP contribution in [0.25, 0.3) is 16.9 Å².